The summed E-state index contributed by atoms with van der Waals surface area (Å²) in [6.45, 7) is 3.54. The average molecular weight is 639 g/mol. The Morgan fingerprint density at radius 1 is 0.933 bits per heavy atom. The van der Waals surface area contributed by atoms with E-state index in [4.69, 9.17) is 19.9 Å². The van der Waals surface area contributed by atoms with E-state index in [9.17, 15) is 22.8 Å². The number of anilines is 2. The van der Waals surface area contributed by atoms with E-state index >= 15 is 0 Å². The summed E-state index contributed by atoms with van der Waals surface area (Å²) in [6, 6.07) is 14.5. The molecule has 240 valence electrons. The van der Waals surface area contributed by atoms with Gasteiger partial charge < -0.3 is 30.2 Å². The maximum atomic E-state index is 14.6. The topological polar surface area (TPSA) is 166 Å². The third-order valence-electron chi connectivity index (χ3n) is 7.71. The maximum Gasteiger partial charge on any atom is 0.411 e. The molecule has 0 saturated carbocycles. The number of methoxy groups -OCH3 is 3. The zero-order chi connectivity index (χ0) is 32.9. The van der Waals surface area contributed by atoms with Gasteiger partial charge in [0.05, 0.1) is 37.5 Å². The second-order valence-electron chi connectivity index (χ2n) is 10.8. The van der Waals surface area contributed by atoms with Crippen molar-refractivity contribution in [1.82, 2.24) is 4.90 Å². The van der Waals surface area contributed by atoms with Crippen LogP contribution in [-0.4, -0.2) is 64.3 Å². The Kier molecular flexibility index (Phi) is 10.2. The van der Waals surface area contributed by atoms with Crippen LogP contribution < -0.4 is 25.8 Å². The molecule has 1 saturated heterocycles. The number of ether oxygens (including phenoxy) is 3. The number of likely N-dealkylation sites (tertiary alicyclic amines) is 1. The van der Waals surface area contributed by atoms with Gasteiger partial charge in [0.15, 0.2) is 21.3 Å². The molecule has 0 spiro atoms. The number of amides is 3. The van der Waals surface area contributed by atoms with E-state index in [1.54, 1.807) is 67.3 Å². The van der Waals surface area contributed by atoms with Gasteiger partial charge in [-0.1, -0.05) is 12.1 Å². The first-order valence-corrected chi connectivity index (χ1v) is 15.9. The van der Waals surface area contributed by atoms with E-state index in [1.807, 2.05) is 0 Å². The Hall–Kier alpha value is -4.78. The van der Waals surface area contributed by atoms with Gasteiger partial charge in [-0.2, -0.15) is 0 Å². The van der Waals surface area contributed by atoms with E-state index in [0.29, 0.717) is 53.4 Å². The fourth-order valence-corrected chi connectivity index (χ4v) is 6.63. The molecule has 0 aliphatic carbocycles. The highest BCUT2D eigenvalue weighted by atomic mass is 32.2. The second kappa shape index (κ2) is 13.9. The Labute approximate surface area is 262 Å². The zero-order valence-electron chi connectivity index (χ0n) is 25.8. The Balaban J connectivity index is 1.82. The van der Waals surface area contributed by atoms with Crippen LogP contribution in [-0.2, 0) is 19.4 Å². The van der Waals surface area contributed by atoms with Crippen molar-refractivity contribution in [3.05, 3.63) is 77.4 Å². The van der Waals surface area contributed by atoms with Crippen molar-refractivity contribution < 1.29 is 37.0 Å². The van der Waals surface area contributed by atoms with E-state index in [0.717, 1.165) is 0 Å². The van der Waals surface area contributed by atoms with Gasteiger partial charge in [0.2, 0.25) is 11.8 Å². The van der Waals surface area contributed by atoms with Crippen molar-refractivity contribution in [1.29, 1.82) is 0 Å². The second-order valence-corrected chi connectivity index (χ2v) is 13.3. The maximum absolute atomic E-state index is 14.6. The van der Waals surface area contributed by atoms with E-state index in [-0.39, 0.29) is 16.4 Å². The first-order valence-electron chi connectivity index (χ1n) is 14.3. The fourth-order valence-electron chi connectivity index (χ4n) is 5.34. The molecule has 1 aliphatic rings. The van der Waals surface area contributed by atoms with Crippen molar-refractivity contribution in [2.75, 3.05) is 38.5 Å². The summed E-state index contributed by atoms with van der Waals surface area (Å²) in [5.41, 5.74) is 7.51. The van der Waals surface area contributed by atoms with Gasteiger partial charge in [0.1, 0.15) is 6.04 Å². The lowest BCUT2D eigenvalue weighted by Gasteiger charge is -2.32. The number of hydrogen-bond donors (Lipinski definition) is 3. The van der Waals surface area contributed by atoms with Gasteiger partial charge in [-0.3, -0.25) is 14.9 Å². The van der Waals surface area contributed by atoms with Crippen molar-refractivity contribution in [2.24, 2.45) is 5.73 Å². The molecular formula is C32H38N4O8S. The Bertz CT molecular complexity index is 1690. The van der Waals surface area contributed by atoms with Crippen LogP contribution >= 0.6 is 0 Å². The Morgan fingerprint density at radius 3 is 2.31 bits per heavy atom. The first-order chi connectivity index (χ1) is 21.4. The molecule has 1 aliphatic heterocycles. The molecule has 3 aromatic rings. The van der Waals surface area contributed by atoms with Crippen LogP contribution in [0.25, 0.3) is 0 Å². The normalized spacial score (nSPS) is 15.3. The fraction of sp³-hybridized carbons (Fsp3) is 0.344. The highest BCUT2D eigenvalue weighted by Gasteiger charge is 2.38. The van der Waals surface area contributed by atoms with Crippen LogP contribution in [0.5, 0.6) is 11.5 Å². The van der Waals surface area contributed by atoms with Crippen LogP contribution in [0.15, 0.2) is 65.6 Å². The minimum atomic E-state index is -3.77. The molecule has 4 rings (SSSR count). The molecule has 4 N–H and O–H groups in total. The minimum Gasteiger partial charge on any atom is -0.493 e. The van der Waals surface area contributed by atoms with E-state index in [2.05, 4.69) is 10.6 Å². The number of primary amides is 1. The molecule has 13 heteroatoms. The van der Waals surface area contributed by atoms with E-state index < -0.39 is 39.2 Å². The molecule has 0 unspecified atom stereocenters. The van der Waals surface area contributed by atoms with Gasteiger partial charge in [-0.05, 0) is 86.3 Å². The standard InChI is InChI=1S/C32H38N4O8S/c1-19(2)45(40,41)28-14-12-23(35-32(39)44-5)18-24(28)25-10-7-15-36(25)31(38)29(20-11-13-26(42-3)27(17-20)43-4)34-22-9-6-8-21(16-22)30(33)37/h6,8-9,11-14,16-19,25,29,34H,7,10,15H2,1-5H3,(H2,33,37)(H,35,39)/t25-,29+/m0/s1. The predicted molar refractivity (Wildman–Crippen MR) is 169 cm³/mol. The lowest BCUT2D eigenvalue weighted by molar-refractivity contribution is -0.133. The van der Waals surface area contributed by atoms with Crippen LogP contribution in [0.3, 0.4) is 0 Å². The van der Waals surface area contributed by atoms with Gasteiger partial charge in [-0.15, -0.1) is 0 Å². The third kappa shape index (κ3) is 7.14. The summed E-state index contributed by atoms with van der Waals surface area (Å²) >= 11 is 0. The van der Waals surface area contributed by atoms with Gasteiger partial charge in [0.25, 0.3) is 0 Å². The highest BCUT2D eigenvalue weighted by molar-refractivity contribution is 7.92. The molecule has 12 nitrogen and oxygen atoms in total. The number of nitrogens with zero attached hydrogens (tertiary/aromatic N) is 1. The van der Waals surface area contributed by atoms with Crippen LogP contribution in [0.1, 0.15) is 60.3 Å². The largest absolute Gasteiger partial charge is 0.493 e. The SMILES string of the molecule is COC(=O)Nc1ccc(S(=O)(=O)C(C)C)c([C@@H]2CCCN2C(=O)[C@H](Nc2cccc(C(N)=O)c2)c2ccc(OC)c(OC)c2)c1. The monoisotopic (exact) mass is 638 g/mol. The first kappa shape index (κ1) is 33.1. The molecule has 3 aromatic carbocycles. The number of sulfone groups is 1. The lowest BCUT2D eigenvalue weighted by atomic mass is 10.0. The number of hydrogen-bond acceptors (Lipinski definition) is 9. The van der Waals surface area contributed by atoms with Gasteiger partial charge in [-0.25, -0.2) is 13.2 Å². The number of carbonyl (C=O) groups excluding carboxylic acids is 3. The van der Waals surface area contributed by atoms with Gasteiger partial charge in [0, 0.05) is 23.5 Å². The number of carbonyl (C=O) groups is 3. The molecule has 1 heterocycles. The molecular weight excluding hydrogens is 600 g/mol. The predicted octanol–water partition coefficient (Wildman–Crippen LogP) is 4.68. The summed E-state index contributed by atoms with van der Waals surface area (Å²) in [5.74, 6) is -0.0777. The number of rotatable bonds is 11. The third-order valence-corrected chi connectivity index (χ3v) is 9.94. The smallest absolute Gasteiger partial charge is 0.411 e. The average Bonchev–Trinajstić information content (AvgIpc) is 3.53. The molecule has 0 radical (unpaired) electrons. The summed E-state index contributed by atoms with van der Waals surface area (Å²) in [7, 11) is 0.460. The van der Waals surface area contributed by atoms with Crippen LogP contribution in [0, 0.1) is 0 Å². The number of benzene rings is 3. The van der Waals surface area contributed by atoms with Crippen LogP contribution in [0.2, 0.25) is 0 Å². The lowest BCUT2D eigenvalue weighted by Crippen LogP contribution is -2.38. The summed E-state index contributed by atoms with van der Waals surface area (Å²) in [4.78, 5) is 40.2. The highest BCUT2D eigenvalue weighted by Crippen LogP contribution is 2.41. The number of nitrogens with one attached hydrogen (secondary N) is 2. The van der Waals surface area contributed by atoms with Crippen molar-refractivity contribution in [2.45, 2.75) is 48.9 Å². The van der Waals surface area contributed by atoms with Crippen molar-refractivity contribution in [3.8, 4) is 11.5 Å². The van der Waals surface area contributed by atoms with Crippen LogP contribution in [0.4, 0.5) is 16.2 Å². The molecule has 2 atom stereocenters. The molecule has 0 bridgehead atoms. The summed E-state index contributed by atoms with van der Waals surface area (Å²) in [5, 5.41) is 5.12. The van der Waals surface area contributed by atoms with Crippen molar-refractivity contribution >= 4 is 39.1 Å². The Morgan fingerprint density at radius 2 is 1.67 bits per heavy atom. The minimum absolute atomic E-state index is 0.0856. The molecule has 1 fully saturated rings. The summed E-state index contributed by atoms with van der Waals surface area (Å²) < 4.78 is 42.6. The molecule has 3 amide bonds. The summed E-state index contributed by atoms with van der Waals surface area (Å²) in [6.07, 6.45) is 0.391. The van der Waals surface area contributed by atoms with Gasteiger partial charge >= 0.3 is 6.09 Å². The van der Waals surface area contributed by atoms with E-state index in [1.165, 1.54) is 33.5 Å². The quantitative estimate of drug-likeness (QED) is 0.270. The number of nitrogens with two attached hydrogens (primary N) is 1. The van der Waals surface area contributed by atoms with Crippen molar-refractivity contribution in [3.63, 3.8) is 0 Å². The zero-order valence-corrected chi connectivity index (χ0v) is 26.6. The molecule has 0 aromatic heterocycles. The molecule has 45 heavy (non-hydrogen) atoms.